The summed E-state index contributed by atoms with van der Waals surface area (Å²) in [5.74, 6) is -0.655. The summed E-state index contributed by atoms with van der Waals surface area (Å²) in [6.07, 6.45) is 0.194. The Labute approximate surface area is 91.1 Å². The average Bonchev–Trinajstić information content (AvgIpc) is 2.03. The maximum atomic E-state index is 10.5. The molecule has 0 aliphatic rings. The lowest BCUT2D eigenvalue weighted by atomic mass is 9.98. The number of rotatable bonds is 3. The molecule has 13 heavy (non-hydrogen) atoms. The van der Waals surface area contributed by atoms with Crippen LogP contribution >= 0.6 is 22.6 Å². The van der Waals surface area contributed by atoms with Crippen LogP contribution in [0.25, 0.3) is 0 Å². The van der Waals surface area contributed by atoms with Gasteiger partial charge in [0.15, 0.2) is 0 Å². The summed E-state index contributed by atoms with van der Waals surface area (Å²) in [5, 5.41) is 8.63. The van der Waals surface area contributed by atoms with Crippen LogP contribution in [0.15, 0.2) is 24.3 Å². The highest BCUT2D eigenvalue weighted by atomic mass is 127. The van der Waals surface area contributed by atoms with Gasteiger partial charge in [0.2, 0.25) is 0 Å². The molecule has 0 unspecified atom stereocenters. The predicted octanol–water partition coefficient (Wildman–Crippen LogP) is 2.87. The number of carboxylic acids is 1. The highest BCUT2D eigenvalue weighted by molar-refractivity contribution is 14.1. The summed E-state index contributed by atoms with van der Waals surface area (Å²) in [6, 6.07) is 7.87. The first-order valence-corrected chi connectivity index (χ1v) is 5.15. The number of carbonyl (C=O) groups is 1. The van der Waals surface area contributed by atoms with Crippen molar-refractivity contribution in [2.75, 3.05) is 0 Å². The molecular formula is C10H11IO2. The van der Waals surface area contributed by atoms with Crippen LogP contribution in [0.1, 0.15) is 24.8 Å². The maximum absolute atomic E-state index is 10.5. The molecule has 0 saturated heterocycles. The largest absolute Gasteiger partial charge is 0.481 e. The Bertz CT molecular complexity index is 310. The first-order valence-electron chi connectivity index (χ1n) is 4.07. The van der Waals surface area contributed by atoms with Gasteiger partial charge < -0.3 is 5.11 Å². The molecule has 1 atom stereocenters. The second kappa shape index (κ2) is 4.60. The van der Waals surface area contributed by atoms with E-state index in [0.29, 0.717) is 0 Å². The monoisotopic (exact) mass is 290 g/mol. The molecule has 0 aliphatic heterocycles. The molecule has 70 valence electrons. The highest BCUT2D eigenvalue weighted by Gasteiger charge is 2.11. The molecule has 0 spiro atoms. The van der Waals surface area contributed by atoms with Crippen LogP contribution in [0, 0.1) is 3.57 Å². The molecule has 1 aromatic carbocycles. The topological polar surface area (TPSA) is 37.3 Å². The van der Waals surface area contributed by atoms with E-state index in [2.05, 4.69) is 22.6 Å². The Morgan fingerprint density at radius 2 is 2.15 bits per heavy atom. The molecule has 1 N–H and O–H groups in total. The van der Waals surface area contributed by atoms with E-state index < -0.39 is 5.97 Å². The number of carboxylic acid groups (broad SMARTS) is 1. The van der Waals surface area contributed by atoms with E-state index in [1.807, 2.05) is 31.2 Å². The molecule has 0 heterocycles. The summed E-state index contributed by atoms with van der Waals surface area (Å²) in [6.45, 7) is 1.94. The molecule has 0 fully saturated rings. The molecule has 2 nitrogen and oxygen atoms in total. The zero-order valence-corrected chi connectivity index (χ0v) is 9.48. The van der Waals surface area contributed by atoms with E-state index in [-0.39, 0.29) is 12.3 Å². The first kappa shape index (κ1) is 10.5. The highest BCUT2D eigenvalue weighted by Crippen LogP contribution is 2.23. The number of halogens is 1. The smallest absolute Gasteiger partial charge is 0.303 e. The van der Waals surface area contributed by atoms with Crippen LogP contribution in [0.4, 0.5) is 0 Å². The third-order valence-electron chi connectivity index (χ3n) is 1.92. The normalized spacial score (nSPS) is 12.5. The number of aliphatic carboxylic acids is 1. The minimum Gasteiger partial charge on any atom is -0.481 e. The van der Waals surface area contributed by atoms with Crippen LogP contribution in [0.5, 0.6) is 0 Å². The van der Waals surface area contributed by atoms with Gasteiger partial charge in [-0.1, -0.05) is 25.1 Å². The number of benzene rings is 1. The summed E-state index contributed by atoms with van der Waals surface area (Å²) >= 11 is 2.23. The van der Waals surface area contributed by atoms with E-state index in [0.717, 1.165) is 9.13 Å². The Morgan fingerprint density at radius 1 is 1.54 bits per heavy atom. The van der Waals surface area contributed by atoms with Crippen molar-refractivity contribution in [2.24, 2.45) is 0 Å². The summed E-state index contributed by atoms with van der Waals surface area (Å²) in [5.41, 5.74) is 1.12. The van der Waals surface area contributed by atoms with Gasteiger partial charge in [0.05, 0.1) is 6.42 Å². The van der Waals surface area contributed by atoms with Crippen molar-refractivity contribution >= 4 is 28.6 Å². The third kappa shape index (κ3) is 2.99. The van der Waals surface area contributed by atoms with Gasteiger partial charge in [-0.2, -0.15) is 0 Å². The van der Waals surface area contributed by atoms with Crippen molar-refractivity contribution in [3.63, 3.8) is 0 Å². The lowest BCUT2D eigenvalue weighted by Crippen LogP contribution is -2.04. The fourth-order valence-electron chi connectivity index (χ4n) is 1.25. The Kier molecular flexibility index (Phi) is 3.71. The minimum absolute atomic E-state index is 0.0885. The standard InChI is InChI=1S/C10H11IO2/c1-7(6-10(12)13)8-4-2-3-5-9(8)11/h2-5,7H,6H2,1H3,(H,12,13)/t7-/m0/s1. The van der Waals surface area contributed by atoms with Crippen molar-refractivity contribution in [2.45, 2.75) is 19.3 Å². The third-order valence-corrected chi connectivity index (χ3v) is 2.90. The summed E-state index contributed by atoms with van der Waals surface area (Å²) < 4.78 is 1.13. The molecule has 0 bridgehead atoms. The first-order chi connectivity index (χ1) is 6.11. The zero-order chi connectivity index (χ0) is 9.84. The van der Waals surface area contributed by atoms with Crippen molar-refractivity contribution in [3.8, 4) is 0 Å². The molecule has 3 heteroatoms. The number of hydrogen-bond donors (Lipinski definition) is 1. The summed E-state index contributed by atoms with van der Waals surface area (Å²) in [7, 11) is 0. The van der Waals surface area contributed by atoms with Gasteiger partial charge in [-0.3, -0.25) is 4.79 Å². The maximum Gasteiger partial charge on any atom is 0.303 e. The molecule has 0 aromatic heterocycles. The van der Waals surface area contributed by atoms with Gasteiger partial charge in [-0.25, -0.2) is 0 Å². The fourth-order valence-corrected chi connectivity index (χ4v) is 2.17. The Hall–Kier alpha value is -0.580. The predicted molar refractivity (Wildman–Crippen MR) is 59.8 cm³/mol. The fraction of sp³-hybridized carbons (Fsp3) is 0.300. The van der Waals surface area contributed by atoms with E-state index >= 15 is 0 Å². The van der Waals surface area contributed by atoms with Gasteiger partial charge in [0.25, 0.3) is 0 Å². The van der Waals surface area contributed by atoms with E-state index in [4.69, 9.17) is 5.11 Å². The molecule has 1 aromatic rings. The van der Waals surface area contributed by atoms with Crippen LogP contribution in [-0.4, -0.2) is 11.1 Å². The van der Waals surface area contributed by atoms with Crippen molar-refractivity contribution < 1.29 is 9.90 Å². The van der Waals surface area contributed by atoms with E-state index in [1.165, 1.54) is 0 Å². The molecule has 0 radical (unpaired) electrons. The van der Waals surface area contributed by atoms with Gasteiger partial charge in [-0.05, 0) is 40.1 Å². The van der Waals surface area contributed by atoms with Crippen LogP contribution < -0.4 is 0 Å². The second-order valence-electron chi connectivity index (χ2n) is 3.02. The average molecular weight is 290 g/mol. The van der Waals surface area contributed by atoms with Crippen LogP contribution in [0.2, 0.25) is 0 Å². The Balaban J connectivity index is 2.82. The van der Waals surface area contributed by atoms with Crippen LogP contribution in [-0.2, 0) is 4.79 Å². The molecule has 0 saturated carbocycles. The molecule has 0 aliphatic carbocycles. The lowest BCUT2D eigenvalue weighted by Gasteiger charge is -2.10. The zero-order valence-electron chi connectivity index (χ0n) is 7.33. The number of hydrogen-bond acceptors (Lipinski definition) is 1. The van der Waals surface area contributed by atoms with Crippen LogP contribution in [0.3, 0.4) is 0 Å². The van der Waals surface area contributed by atoms with Gasteiger partial charge in [0.1, 0.15) is 0 Å². The van der Waals surface area contributed by atoms with Crippen molar-refractivity contribution in [3.05, 3.63) is 33.4 Å². The SMILES string of the molecule is C[C@@H](CC(=O)O)c1ccccc1I. The second-order valence-corrected chi connectivity index (χ2v) is 4.18. The summed E-state index contributed by atoms with van der Waals surface area (Å²) in [4.78, 5) is 10.5. The van der Waals surface area contributed by atoms with Crippen molar-refractivity contribution in [1.82, 2.24) is 0 Å². The minimum atomic E-state index is -0.743. The van der Waals surface area contributed by atoms with Crippen molar-refractivity contribution in [1.29, 1.82) is 0 Å². The molecule has 0 amide bonds. The van der Waals surface area contributed by atoms with E-state index in [9.17, 15) is 4.79 Å². The van der Waals surface area contributed by atoms with E-state index in [1.54, 1.807) is 0 Å². The van der Waals surface area contributed by atoms with Gasteiger partial charge in [0, 0.05) is 3.57 Å². The molecule has 1 rings (SSSR count). The van der Waals surface area contributed by atoms with Gasteiger partial charge in [-0.15, -0.1) is 0 Å². The van der Waals surface area contributed by atoms with Gasteiger partial charge >= 0.3 is 5.97 Å². The Morgan fingerprint density at radius 3 is 2.69 bits per heavy atom. The molecular weight excluding hydrogens is 279 g/mol. The quantitative estimate of drug-likeness (QED) is 0.869. The lowest BCUT2D eigenvalue weighted by molar-refractivity contribution is -0.137.